The second-order valence-electron chi connectivity index (χ2n) is 3.85. The van der Waals surface area contributed by atoms with E-state index >= 15 is 0 Å². The van der Waals surface area contributed by atoms with Gasteiger partial charge in [0.1, 0.15) is 5.78 Å². The van der Waals surface area contributed by atoms with Gasteiger partial charge in [-0.3, -0.25) is 0 Å². The molecule has 0 aromatic rings. The van der Waals surface area contributed by atoms with Gasteiger partial charge in [0, 0.05) is 6.42 Å². The van der Waals surface area contributed by atoms with E-state index in [2.05, 4.69) is 0 Å². The van der Waals surface area contributed by atoms with Gasteiger partial charge in [0.15, 0.2) is 0 Å². The first kappa shape index (κ1) is 9.43. The maximum atomic E-state index is 10.8. The van der Waals surface area contributed by atoms with E-state index in [1.165, 1.54) is 0 Å². The summed E-state index contributed by atoms with van der Waals surface area (Å²) in [6.45, 7) is 1.67. The first-order chi connectivity index (χ1) is 5.72. The van der Waals surface area contributed by atoms with Crippen LogP contribution >= 0.6 is 0 Å². The Balaban J connectivity index is 2.26. The van der Waals surface area contributed by atoms with Crippen molar-refractivity contribution < 1.29 is 4.79 Å². The highest BCUT2D eigenvalue weighted by Crippen LogP contribution is 2.29. The molecule has 68 valence electrons. The molecular weight excluding hydrogens is 150 g/mol. The zero-order valence-electron chi connectivity index (χ0n) is 7.68. The van der Waals surface area contributed by atoms with Gasteiger partial charge in [-0.15, -0.1) is 0 Å². The monoisotopic (exact) mass is 167 g/mol. The van der Waals surface area contributed by atoms with Crippen molar-refractivity contribution in [1.29, 1.82) is 5.41 Å². The van der Waals surface area contributed by atoms with E-state index in [0.717, 1.165) is 32.1 Å². The van der Waals surface area contributed by atoms with Crippen molar-refractivity contribution in [2.45, 2.75) is 39.0 Å². The quantitative estimate of drug-likeness (QED) is 0.644. The van der Waals surface area contributed by atoms with Crippen molar-refractivity contribution in [2.75, 3.05) is 0 Å². The molecule has 2 heteroatoms. The van der Waals surface area contributed by atoms with E-state index < -0.39 is 0 Å². The summed E-state index contributed by atoms with van der Waals surface area (Å²) >= 11 is 0. The van der Waals surface area contributed by atoms with Crippen LogP contribution in [0.2, 0.25) is 0 Å². The molecule has 0 atom stereocenters. The molecule has 0 aliphatic heterocycles. The van der Waals surface area contributed by atoms with E-state index in [1.807, 2.05) is 0 Å². The van der Waals surface area contributed by atoms with Crippen LogP contribution in [0.15, 0.2) is 0 Å². The lowest BCUT2D eigenvalue weighted by Crippen LogP contribution is -2.16. The third-order valence-corrected chi connectivity index (χ3v) is 2.70. The number of Topliss-reactive ketones (excluding diaryl/α,β-unsaturated/α-hetero) is 1. The number of ketones is 1. The summed E-state index contributed by atoms with van der Waals surface area (Å²) in [6, 6.07) is 0. The standard InChI is InChI=1S/C10H17NO/c1-8(12)6-9-2-4-10(7-11)5-3-9/h7,9-11H,2-6H2,1H3. The van der Waals surface area contributed by atoms with E-state index in [4.69, 9.17) is 5.41 Å². The van der Waals surface area contributed by atoms with Gasteiger partial charge in [-0.05, 0) is 50.7 Å². The number of hydrogen-bond donors (Lipinski definition) is 1. The molecule has 2 nitrogen and oxygen atoms in total. The Morgan fingerprint density at radius 1 is 1.42 bits per heavy atom. The molecule has 0 saturated heterocycles. The fraction of sp³-hybridized carbons (Fsp3) is 0.800. The van der Waals surface area contributed by atoms with Crippen LogP contribution in [0.4, 0.5) is 0 Å². The Bertz CT molecular complexity index is 169. The molecule has 1 aliphatic rings. The maximum absolute atomic E-state index is 10.8. The van der Waals surface area contributed by atoms with E-state index in [1.54, 1.807) is 13.1 Å². The van der Waals surface area contributed by atoms with Gasteiger partial charge in [0.2, 0.25) is 0 Å². The Morgan fingerprint density at radius 2 is 2.00 bits per heavy atom. The van der Waals surface area contributed by atoms with Gasteiger partial charge >= 0.3 is 0 Å². The highest BCUT2D eigenvalue weighted by molar-refractivity contribution is 5.75. The minimum absolute atomic E-state index is 0.313. The third-order valence-electron chi connectivity index (χ3n) is 2.70. The number of hydrogen-bond acceptors (Lipinski definition) is 2. The van der Waals surface area contributed by atoms with Crippen LogP contribution in [-0.2, 0) is 4.79 Å². The number of rotatable bonds is 3. The molecule has 0 bridgehead atoms. The molecule has 0 amide bonds. The summed E-state index contributed by atoms with van der Waals surface area (Å²) in [7, 11) is 0. The fourth-order valence-corrected chi connectivity index (χ4v) is 1.97. The Labute approximate surface area is 73.9 Å². The predicted molar refractivity (Wildman–Crippen MR) is 49.5 cm³/mol. The molecule has 1 aliphatic carbocycles. The average Bonchev–Trinajstić information content (AvgIpc) is 2.05. The molecular formula is C10H17NO. The molecule has 0 radical (unpaired) electrons. The minimum atomic E-state index is 0.313. The van der Waals surface area contributed by atoms with Crippen molar-refractivity contribution in [3.8, 4) is 0 Å². The van der Waals surface area contributed by atoms with Gasteiger partial charge in [0.25, 0.3) is 0 Å². The molecule has 1 rings (SSSR count). The Morgan fingerprint density at radius 3 is 2.42 bits per heavy atom. The Kier molecular flexibility index (Phi) is 3.45. The van der Waals surface area contributed by atoms with Crippen LogP contribution in [0.5, 0.6) is 0 Å². The topological polar surface area (TPSA) is 40.9 Å². The van der Waals surface area contributed by atoms with E-state index in [0.29, 0.717) is 17.6 Å². The second-order valence-corrected chi connectivity index (χ2v) is 3.85. The van der Waals surface area contributed by atoms with Crippen molar-refractivity contribution >= 4 is 12.0 Å². The van der Waals surface area contributed by atoms with Gasteiger partial charge in [-0.1, -0.05) is 0 Å². The molecule has 12 heavy (non-hydrogen) atoms. The minimum Gasteiger partial charge on any atom is -0.313 e. The molecule has 1 fully saturated rings. The van der Waals surface area contributed by atoms with Gasteiger partial charge in [-0.25, -0.2) is 0 Å². The first-order valence-corrected chi connectivity index (χ1v) is 4.72. The molecule has 0 unspecified atom stereocenters. The van der Waals surface area contributed by atoms with Crippen LogP contribution in [0.3, 0.4) is 0 Å². The summed E-state index contributed by atoms with van der Waals surface area (Å²) in [4.78, 5) is 10.8. The zero-order chi connectivity index (χ0) is 8.97. The summed E-state index contributed by atoms with van der Waals surface area (Å²) in [5.74, 6) is 1.42. The van der Waals surface area contributed by atoms with Crippen LogP contribution < -0.4 is 0 Å². The van der Waals surface area contributed by atoms with Crippen molar-refractivity contribution in [1.82, 2.24) is 0 Å². The Hall–Kier alpha value is -0.660. The van der Waals surface area contributed by atoms with Crippen LogP contribution in [-0.4, -0.2) is 12.0 Å². The first-order valence-electron chi connectivity index (χ1n) is 4.72. The smallest absolute Gasteiger partial charge is 0.130 e. The van der Waals surface area contributed by atoms with Crippen LogP contribution in [0.25, 0.3) is 0 Å². The van der Waals surface area contributed by atoms with Crippen molar-refractivity contribution in [3.63, 3.8) is 0 Å². The van der Waals surface area contributed by atoms with Crippen molar-refractivity contribution in [2.24, 2.45) is 11.8 Å². The highest BCUT2D eigenvalue weighted by atomic mass is 16.1. The summed E-state index contributed by atoms with van der Waals surface area (Å²) < 4.78 is 0. The molecule has 1 saturated carbocycles. The fourth-order valence-electron chi connectivity index (χ4n) is 1.97. The average molecular weight is 167 g/mol. The highest BCUT2D eigenvalue weighted by Gasteiger charge is 2.20. The summed E-state index contributed by atoms with van der Waals surface area (Å²) in [6.07, 6.45) is 6.82. The predicted octanol–water partition coefficient (Wildman–Crippen LogP) is 2.42. The van der Waals surface area contributed by atoms with Crippen LogP contribution in [0.1, 0.15) is 39.0 Å². The SMILES string of the molecule is CC(=O)CC1CCC(C=N)CC1. The lowest BCUT2D eigenvalue weighted by atomic mass is 9.80. The van der Waals surface area contributed by atoms with Crippen LogP contribution in [0, 0.1) is 17.2 Å². The normalized spacial score (nSPS) is 29.8. The van der Waals surface area contributed by atoms with Gasteiger partial charge in [-0.2, -0.15) is 0 Å². The van der Waals surface area contributed by atoms with Crippen molar-refractivity contribution in [3.05, 3.63) is 0 Å². The molecule has 1 N–H and O–H groups in total. The van der Waals surface area contributed by atoms with E-state index in [-0.39, 0.29) is 0 Å². The summed E-state index contributed by atoms with van der Waals surface area (Å²) in [5.41, 5.74) is 0. The molecule has 0 aromatic heterocycles. The lowest BCUT2D eigenvalue weighted by Gasteiger charge is -2.24. The van der Waals surface area contributed by atoms with Gasteiger partial charge < -0.3 is 10.2 Å². The third kappa shape index (κ3) is 2.76. The largest absolute Gasteiger partial charge is 0.313 e. The molecule has 0 spiro atoms. The number of carbonyl (C=O) groups excluding carboxylic acids is 1. The molecule has 0 aromatic carbocycles. The summed E-state index contributed by atoms with van der Waals surface area (Å²) in [5, 5.41) is 7.11. The molecule has 0 heterocycles. The number of carbonyl (C=O) groups is 1. The zero-order valence-corrected chi connectivity index (χ0v) is 7.68. The second kappa shape index (κ2) is 4.39. The van der Waals surface area contributed by atoms with E-state index in [9.17, 15) is 4.79 Å². The number of nitrogens with one attached hydrogen (secondary N) is 1. The maximum Gasteiger partial charge on any atom is 0.130 e. The lowest BCUT2D eigenvalue weighted by molar-refractivity contribution is -0.118. The van der Waals surface area contributed by atoms with Gasteiger partial charge in [0.05, 0.1) is 0 Å².